The van der Waals surface area contributed by atoms with Gasteiger partial charge in [0.1, 0.15) is 0 Å². The molecule has 0 spiro atoms. The molecular formula is C14H18N4O2. The Morgan fingerprint density at radius 1 is 1.10 bits per heavy atom. The molecule has 1 aromatic rings. The van der Waals surface area contributed by atoms with Crippen molar-refractivity contribution in [1.82, 2.24) is 4.90 Å². The highest BCUT2D eigenvalue weighted by atomic mass is 16.2. The fourth-order valence-electron chi connectivity index (χ4n) is 1.78. The number of hydrogen-bond acceptors (Lipinski definition) is 4. The maximum atomic E-state index is 11.0. The second-order valence-corrected chi connectivity index (χ2v) is 4.24. The first-order valence-electron chi connectivity index (χ1n) is 6.08. The molecule has 0 saturated carbocycles. The summed E-state index contributed by atoms with van der Waals surface area (Å²) in [6.45, 7) is 0.547. The molecule has 6 nitrogen and oxygen atoms in total. The quantitative estimate of drug-likeness (QED) is 0.563. The number of hydrogen-bond donors (Lipinski definition) is 3. The summed E-state index contributed by atoms with van der Waals surface area (Å²) in [4.78, 5) is 23.6. The molecule has 20 heavy (non-hydrogen) atoms. The summed E-state index contributed by atoms with van der Waals surface area (Å²) in [7, 11) is 0. The molecule has 0 aliphatic carbocycles. The van der Waals surface area contributed by atoms with Crippen molar-refractivity contribution < 1.29 is 9.59 Å². The third kappa shape index (κ3) is 5.52. The Labute approximate surface area is 117 Å². The smallest absolute Gasteiger partial charge is 0.231 e. The minimum Gasteiger partial charge on any atom is -0.369 e. The topological polar surface area (TPSA) is 115 Å². The van der Waals surface area contributed by atoms with Gasteiger partial charge in [-0.1, -0.05) is 30.0 Å². The highest BCUT2D eigenvalue weighted by Crippen LogP contribution is 2.10. The van der Waals surface area contributed by atoms with Gasteiger partial charge in [-0.05, 0) is 11.6 Å². The fourth-order valence-corrected chi connectivity index (χ4v) is 1.78. The lowest BCUT2D eigenvalue weighted by atomic mass is 10.1. The van der Waals surface area contributed by atoms with Crippen LogP contribution in [0.25, 0.3) is 0 Å². The summed E-state index contributed by atoms with van der Waals surface area (Å²) in [6.07, 6.45) is 0. The van der Waals surface area contributed by atoms with E-state index in [1.165, 1.54) is 0 Å². The molecule has 0 aliphatic rings. The Morgan fingerprint density at radius 3 is 2.25 bits per heavy atom. The largest absolute Gasteiger partial charge is 0.369 e. The molecular weight excluding hydrogens is 256 g/mol. The van der Waals surface area contributed by atoms with E-state index in [1.807, 2.05) is 24.3 Å². The van der Waals surface area contributed by atoms with Crippen molar-refractivity contribution in [3.8, 4) is 11.8 Å². The first-order chi connectivity index (χ1) is 9.52. The number of carbonyl (C=O) groups is 2. The van der Waals surface area contributed by atoms with E-state index in [1.54, 1.807) is 4.90 Å². The predicted molar refractivity (Wildman–Crippen MR) is 76.0 cm³/mol. The van der Waals surface area contributed by atoms with Crippen LogP contribution in [-0.4, -0.2) is 36.3 Å². The van der Waals surface area contributed by atoms with Gasteiger partial charge < -0.3 is 17.2 Å². The van der Waals surface area contributed by atoms with Gasteiger partial charge >= 0.3 is 0 Å². The molecule has 6 heteroatoms. The van der Waals surface area contributed by atoms with Crippen LogP contribution in [0.15, 0.2) is 24.3 Å². The minimum absolute atomic E-state index is 0.0401. The van der Waals surface area contributed by atoms with Gasteiger partial charge in [-0.2, -0.15) is 0 Å². The Hall–Kier alpha value is -2.36. The van der Waals surface area contributed by atoms with E-state index >= 15 is 0 Å². The van der Waals surface area contributed by atoms with Crippen LogP contribution in [0.1, 0.15) is 11.1 Å². The average molecular weight is 274 g/mol. The molecule has 1 rings (SSSR count). The SMILES string of the molecule is NCC#Cc1ccccc1CN(CC(N)=O)CC(N)=O. The van der Waals surface area contributed by atoms with Gasteiger partial charge in [0.25, 0.3) is 0 Å². The van der Waals surface area contributed by atoms with E-state index in [4.69, 9.17) is 17.2 Å². The van der Waals surface area contributed by atoms with Gasteiger partial charge in [-0.25, -0.2) is 0 Å². The monoisotopic (exact) mass is 274 g/mol. The van der Waals surface area contributed by atoms with Crippen molar-refractivity contribution >= 4 is 11.8 Å². The van der Waals surface area contributed by atoms with Crippen LogP contribution < -0.4 is 17.2 Å². The van der Waals surface area contributed by atoms with E-state index in [2.05, 4.69) is 11.8 Å². The molecule has 0 saturated heterocycles. The van der Waals surface area contributed by atoms with Crippen LogP contribution in [0.3, 0.4) is 0 Å². The lowest BCUT2D eigenvalue weighted by Crippen LogP contribution is -2.39. The number of carbonyl (C=O) groups excluding carboxylic acids is 2. The summed E-state index contributed by atoms with van der Waals surface area (Å²) in [5.41, 5.74) is 17.4. The molecule has 0 bridgehead atoms. The first kappa shape index (κ1) is 15.7. The van der Waals surface area contributed by atoms with E-state index < -0.39 is 11.8 Å². The lowest BCUT2D eigenvalue weighted by molar-refractivity contribution is -0.122. The van der Waals surface area contributed by atoms with Gasteiger partial charge in [0.2, 0.25) is 11.8 Å². The highest BCUT2D eigenvalue weighted by molar-refractivity contribution is 5.79. The van der Waals surface area contributed by atoms with E-state index in [0.717, 1.165) is 11.1 Å². The Balaban J connectivity index is 2.92. The zero-order chi connectivity index (χ0) is 15.0. The molecule has 0 radical (unpaired) electrons. The molecule has 6 N–H and O–H groups in total. The van der Waals surface area contributed by atoms with Crippen molar-refractivity contribution in [2.24, 2.45) is 17.2 Å². The average Bonchev–Trinajstić information content (AvgIpc) is 2.36. The Morgan fingerprint density at radius 2 is 1.70 bits per heavy atom. The van der Waals surface area contributed by atoms with Crippen LogP contribution in [0, 0.1) is 11.8 Å². The Bertz CT molecular complexity index is 530. The van der Waals surface area contributed by atoms with Gasteiger partial charge in [0.05, 0.1) is 19.6 Å². The predicted octanol–water partition coefficient (Wildman–Crippen LogP) is -1.23. The molecule has 0 aromatic heterocycles. The third-order valence-electron chi connectivity index (χ3n) is 2.50. The number of nitrogens with zero attached hydrogens (tertiary/aromatic N) is 1. The van der Waals surface area contributed by atoms with Crippen molar-refractivity contribution in [2.45, 2.75) is 6.54 Å². The first-order valence-corrected chi connectivity index (χ1v) is 6.08. The normalized spacial score (nSPS) is 9.90. The summed E-state index contributed by atoms with van der Waals surface area (Å²) in [5, 5.41) is 0. The van der Waals surface area contributed by atoms with Crippen molar-refractivity contribution in [3.63, 3.8) is 0 Å². The molecule has 2 amide bonds. The van der Waals surface area contributed by atoms with Crippen LogP contribution >= 0.6 is 0 Å². The summed E-state index contributed by atoms with van der Waals surface area (Å²) in [6, 6.07) is 7.44. The van der Waals surface area contributed by atoms with Crippen LogP contribution in [-0.2, 0) is 16.1 Å². The third-order valence-corrected chi connectivity index (χ3v) is 2.50. The molecule has 0 fully saturated rings. The van der Waals surface area contributed by atoms with Crippen LogP contribution in [0.4, 0.5) is 0 Å². The van der Waals surface area contributed by atoms with E-state index in [0.29, 0.717) is 6.54 Å². The number of rotatable bonds is 6. The minimum atomic E-state index is -0.517. The van der Waals surface area contributed by atoms with Crippen LogP contribution in [0.5, 0.6) is 0 Å². The van der Waals surface area contributed by atoms with E-state index in [-0.39, 0.29) is 19.6 Å². The van der Waals surface area contributed by atoms with Crippen molar-refractivity contribution in [2.75, 3.05) is 19.6 Å². The number of benzene rings is 1. The molecule has 0 heterocycles. The lowest BCUT2D eigenvalue weighted by Gasteiger charge is -2.19. The highest BCUT2D eigenvalue weighted by Gasteiger charge is 2.13. The van der Waals surface area contributed by atoms with Gasteiger partial charge in [0, 0.05) is 12.1 Å². The standard InChI is InChI=1S/C14H18N4O2/c15-7-3-6-11-4-1-2-5-12(11)8-18(9-13(16)19)10-14(17)20/h1-2,4-5H,7-10,15H2,(H2,16,19)(H2,17,20). The maximum absolute atomic E-state index is 11.0. The van der Waals surface area contributed by atoms with Gasteiger partial charge in [-0.15, -0.1) is 0 Å². The molecule has 1 aromatic carbocycles. The Kier molecular flexibility index (Phi) is 6.23. The van der Waals surface area contributed by atoms with Gasteiger partial charge in [-0.3, -0.25) is 14.5 Å². The molecule has 0 aliphatic heterocycles. The number of amides is 2. The second-order valence-electron chi connectivity index (χ2n) is 4.24. The summed E-state index contributed by atoms with van der Waals surface area (Å²) >= 11 is 0. The zero-order valence-electron chi connectivity index (χ0n) is 11.1. The van der Waals surface area contributed by atoms with Crippen molar-refractivity contribution in [1.29, 1.82) is 0 Å². The van der Waals surface area contributed by atoms with Gasteiger partial charge in [0.15, 0.2) is 0 Å². The summed E-state index contributed by atoms with van der Waals surface area (Å²) in [5.74, 6) is 4.69. The molecule has 0 atom stereocenters. The molecule has 106 valence electrons. The maximum Gasteiger partial charge on any atom is 0.231 e. The van der Waals surface area contributed by atoms with E-state index in [9.17, 15) is 9.59 Å². The molecule has 0 unspecified atom stereocenters. The second kappa shape index (κ2) is 7.94. The zero-order valence-corrected chi connectivity index (χ0v) is 11.1. The number of nitrogens with two attached hydrogens (primary N) is 3. The van der Waals surface area contributed by atoms with Crippen LogP contribution in [0.2, 0.25) is 0 Å². The number of primary amides is 2. The fraction of sp³-hybridized carbons (Fsp3) is 0.286. The summed E-state index contributed by atoms with van der Waals surface area (Å²) < 4.78 is 0. The van der Waals surface area contributed by atoms with Crippen molar-refractivity contribution in [3.05, 3.63) is 35.4 Å².